The molecule has 13 nitrogen and oxygen atoms in total. The van der Waals surface area contributed by atoms with E-state index < -0.39 is 0 Å². The molecule has 0 spiro atoms. The van der Waals surface area contributed by atoms with E-state index in [4.69, 9.17) is 19.8 Å². The van der Waals surface area contributed by atoms with Crippen molar-refractivity contribution in [3.63, 3.8) is 0 Å². The quantitative estimate of drug-likeness (QED) is 0.281. The Labute approximate surface area is 236 Å². The van der Waals surface area contributed by atoms with Gasteiger partial charge in [0, 0.05) is 50.5 Å². The van der Waals surface area contributed by atoms with Crippen LogP contribution in [0.25, 0.3) is 22.4 Å². The zero-order valence-corrected chi connectivity index (χ0v) is 22.7. The van der Waals surface area contributed by atoms with Crippen molar-refractivity contribution in [3.8, 4) is 11.4 Å². The van der Waals surface area contributed by atoms with Crippen LogP contribution in [0.3, 0.4) is 0 Å². The summed E-state index contributed by atoms with van der Waals surface area (Å²) in [5.41, 5.74) is 2.60. The average Bonchev–Trinajstić information content (AvgIpc) is 3.45. The normalized spacial score (nSPS) is 16.1. The van der Waals surface area contributed by atoms with Gasteiger partial charge in [-0.25, -0.2) is 19.4 Å². The number of urea groups is 1. The van der Waals surface area contributed by atoms with Crippen LogP contribution in [0.2, 0.25) is 0 Å². The topological polar surface area (TPSA) is 144 Å². The fourth-order valence-corrected chi connectivity index (χ4v) is 5.30. The smallest absolute Gasteiger partial charge is 0.318 e. The first-order chi connectivity index (χ1) is 20.0. The highest BCUT2D eigenvalue weighted by molar-refractivity contribution is 5.94. The first-order valence-electron chi connectivity index (χ1n) is 13.7. The number of nitrogens with zero attached hydrogens (tertiary/aromatic N) is 7. The number of anilines is 2. The molecule has 0 bridgehead atoms. The van der Waals surface area contributed by atoms with E-state index in [1.165, 1.54) is 12.4 Å². The molecule has 0 unspecified atom stereocenters. The van der Waals surface area contributed by atoms with Crippen LogP contribution in [0.5, 0.6) is 0 Å². The molecule has 41 heavy (non-hydrogen) atoms. The number of pyridine rings is 1. The molecular weight excluding hydrogens is 526 g/mol. The molecule has 3 amide bonds. The summed E-state index contributed by atoms with van der Waals surface area (Å²) in [7, 11) is 1.57. The number of benzene rings is 1. The van der Waals surface area contributed by atoms with Gasteiger partial charge in [0.2, 0.25) is 0 Å². The predicted octanol–water partition coefficient (Wildman–Crippen LogP) is 2.19. The number of likely N-dealkylation sites (tertiary alicyclic amines) is 1. The van der Waals surface area contributed by atoms with Gasteiger partial charge in [-0.2, -0.15) is 9.83 Å². The van der Waals surface area contributed by atoms with Crippen molar-refractivity contribution in [1.29, 1.82) is 0 Å². The van der Waals surface area contributed by atoms with Crippen molar-refractivity contribution >= 4 is 34.5 Å². The van der Waals surface area contributed by atoms with Crippen molar-refractivity contribution in [2.24, 2.45) is 0 Å². The van der Waals surface area contributed by atoms with E-state index in [1.807, 2.05) is 35.1 Å². The van der Waals surface area contributed by atoms with Crippen molar-refractivity contribution in [3.05, 3.63) is 65.8 Å². The average molecular weight is 558 g/mol. The summed E-state index contributed by atoms with van der Waals surface area (Å²) >= 11 is 0. The number of carbonyl (C=O) groups excluding carboxylic acids is 2. The predicted molar refractivity (Wildman–Crippen MR) is 151 cm³/mol. The summed E-state index contributed by atoms with van der Waals surface area (Å²) in [4.78, 5) is 38.6. The summed E-state index contributed by atoms with van der Waals surface area (Å²) in [6.07, 6.45) is 5.91. The minimum absolute atomic E-state index is 0.0520. The van der Waals surface area contributed by atoms with E-state index in [1.54, 1.807) is 24.1 Å². The van der Waals surface area contributed by atoms with Crippen LogP contribution < -0.4 is 20.3 Å². The number of hydrogen-bond donors (Lipinski definition) is 2. The van der Waals surface area contributed by atoms with Crippen LogP contribution in [-0.2, 0) is 4.74 Å². The van der Waals surface area contributed by atoms with Gasteiger partial charge in [0.1, 0.15) is 11.4 Å². The summed E-state index contributed by atoms with van der Waals surface area (Å²) in [5, 5.41) is 22.6. The van der Waals surface area contributed by atoms with Gasteiger partial charge in [-0.1, -0.05) is 0 Å². The fourth-order valence-electron chi connectivity index (χ4n) is 5.30. The summed E-state index contributed by atoms with van der Waals surface area (Å²) < 4.78 is 8.18. The van der Waals surface area contributed by atoms with Gasteiger partial charge in [0.05, 0.1) is 30.8 Å². The molecule has 2 N–H and O–H groups in total. The fraction of sp³-hybridized carbons (Fsp3) is 0.357. The highest BCUT2D eigenvalue weighted by Gasteiger charge is 2.29. The Morgan fingerprint density at radius 2 is 1.80 bits per heavy atom. The van der Waals surface area contributed by atoms with Crippen LogP contribution in [0.15, 0.2) is 55.0 Å². The number of carbonyl (C=O) groups is 2. The van der Waals surface area contributed by atoms with Crippen LogP contribution >= 0.6 is 0 Å². The minimum atomic E-state index is -0.292. The van der Waals surface area contributed by atoms with Gasteiger partial charge in [0.25, 0.3) is 5.91 Å². The number of hydrogen-bond acceptors (Lipinski definition) is 8. The zero-order valence-electron chi connectivity index (χ0n) is 22.7. The molecule has 0 aliphatic carbocycles. The number of fused-ring (bicyclic) bond motifs is 1. The molecule has 0 saturated carbocycles. The maximum absolute atomic E-state index is 13.0. The molecule has 13 heteroatoms. The lowest BCUT2D eigenvalue weighted by molar-refractivity contribution is -0.605. The molecule has 212 valence electrons. The lowest BCUT2D eigenvalue weighted by Crippen LogP contribution is -2.40. The summed E-state index contributed by atoms with van der Waals surface area (Å²) in [6.45, 7) is 3.77. The Morgan fingerprint density at radius 1 is 1.05 bits per heavy atom. The van der Waals surface area contributed by atoms with E-state index in [2.05, 4.69) is 15.5 Å². The Balaban J connectivity index is 1.29. The Hall–Kier alpha value is -4.78. The van der Waals surface area contributed by atoms with Gasteiger partial charge in [-0.05, 0) is 43.2 Å². The SMILES string of the molecule is CNC(=O)Nc1ccc(-c2nc(N3CCOCC3)c3cnn(C4CCN(C(=O)c5ccc[n+]([O-])c5)CC4)c3n2)cc1. The first-order valence-corrected chi connectivity index (χ1v) is 13.7. The third-order valence-electron chi connectivity index (χ3n) is 7.49. The number of nitrogens with one attached hydrogen (secondary N) is 2. The molecule has 1 aromatic carbocycles. The third-order valence-corrected chi connectivity index (χ3v) is 7.49. The number of amides is 3. The second kappa shape index (κ2) is 11.4. The van der Waals surface area contributed by atoms with Crippen molar-refractivity contribution in [2.45, 2.75) is 18.9 Å². The lowest BCUT2D eigenvalue weighted by Gasteiger charge is -2.32. The first kappa shape index (κ1) is 26.4. The largest absolute Gasteiger partial charge is 0.619 e. The minimum Gasteiger partial charge on any atom is -0.619 e. The number of aromatic nitrogens is 5. The molecular formula is C28H31N9O4. The lowest BCUT2D eigenvalue weighted by atomic mass is 10.0. The standard InChI is InChI=1S/C28H31N9O4/c1-29-28(39)31-21-6-4-19(5-7-21)24-32-25(34-13-15-41-16-14-34)23-17-30-37(26(23)33-24)22-8-11-35(12-9-22)27(38)20-3-2-10-36(40)18-20/h2-7,10,17-18,22H,8-9,11-16H2,1H3,(H2,29,31,39). The van der Waals surface area contributed by atoms with Gasteiger partial charge in [0.15, 0.2) is 23.9 Å². The highest BCUT2D eigenvalue weighted by atomic mass is 16.5. The summed E-state index contributed by atoms with van der Waals surface area (Å²) in [6, 6.07) is 10.4. The molecule has 6 rings (SSSR count). The van der Waals surface area contributed by atoms with Gasteiger partial charge >= 0.3 is 6.03 Å². The van der Waals surface area contributed by atoms with Gasteiger partial charge in [-0.15, -0.1) is 0 Å². The van der Waals surface area contributed by atoms with Crippen molar-refractivity contribution in [1.82, 2.24) is 30.0 Å². The maximum atomic E-state index is 13.0. The van der Waals surface area contributed by atoms with Crippen molar-refractivity contribution < 1.29 is 19.1 Å². The van der Waals surface area contributed by atoms with E-state index >= 15 is 0 Å². The van der Waals surface area contributed by atoms with Gasteiger partial charge in [-0.3, -0.25) is 4.79 Å². The second-order valence-electron chi connectivity index (χ2n) is 10.1. The number of morpholine rings is 1. The van der Waals surface area contributed by atoms with E-state index in [0.717, 1.165) is 35.5 Å². The molecule has 2 saturated heterocycles. The number of ether oxygens (including phenoxy) is 1. The molecule has 3 aromatic heterocycles. The molecule has 2 fully saturated rings. The highest BCUT2D eigenvalue weighted by Crippen LogP contribution is 2.32. The van der Waals surface area contributed by atoms with Crippen LogP contribution in [-0.4, -0.2) is 83.0 Å². The maximum Gasteiger partial charge on any atom is 0.318 e. The van der Waals surface area contributed by atoms with Crippen LogP contribution in [0, 0.1) is 5.21 Å². The van der Waals surface area contributed by atoms with E-state index in [-0.39, 0.29) is 18.0 Å². The van der Waals surface area contributed by atoms with Gasteiger partial charge < -0.3 is 30.4 Å². The number of rotatable bonds is 5. The van der Waals surface area contributed by atoms with E-state index in [9.17, 15) is 14.8 Å². The Morgan fingerprint density at radius 3 is 2.51 bits per heavy atom. The molecule has 2 aliphatic heterocycles. The molecule has 0 radical (unpaired) electrons. The number of piperidine rings is 1. The second-order valence-corrected chi connectivity index (χ2v) is 10.1. The molecule has 0 atom stereocenters. The Bertz CT molecular complexity index is 1560. The zero-order chi connectivity index (χ0) is 28.3. The monoisotopic (exact) mass is 557 g/mol. The van der Waals surface area contributed by atoms with E-state index in [0.29, 0.717) is 61.0 Å². The molecule has 2 aliphatic rings. The Kier molecular flexibility index (Phi) is 7.33. The van der Waals surface area contributed by atoms with Crippen LogP contribution in [0.1, 0.15) is 29.2 Å². The summed E-state index contributed by atoms with van der Waals surface area (Å²) in [5.74, 6) is 1.23. The van der Waals surface area contributed by atoms with Crippen molar-refractivity contribution in [2.75, 3.05) is 56.7 Å². The van der Waals surface area contributed by atoms with Crippen LogP contribution in [0.4, 0.5) is 16.3 Å². The molecule has 4 aromatic rings. The third kappa shape index (κ3) is 5.48. The molecule has 5 heterocycles.